The van der Waals surface area contributed by atoms with Gasteiger partial charge in [-0.3, -0.25) is 14.4 Å². The Bertz CT molecular complexity index is 667. The topological polar surface area (TPSA) is 87.7 Å². The van der Waals surface area contributed by atoms with E-state index in [1.165, 1.54) is 13.2 Å². The molecule has 0 radical (unpaired) electrons. The fourth-order valence-electron chi connectivity index (χ4n) is 2.92. The number of hydrogen-bond donors (Lipinski definition) is 2. The fourth-order valence-corrected chi connectivity index (χ4v) is 2.92. The van der Waals surface area contributed by atoms with Crippen LogP contribution in [-0.4, -0.2) is 55.5 Å². The van der Waals surface area contributed by atoms with E-state index >= 15 is 0 Å². The van der Waals surface area contributed by atoms with Crippen molar-refractivity contribution in [1.82, 2.24) is 10.2 Å². The number of piperidine rings is 1. The molecular formula is C19H25N3O4. The highest BCUT2D eigenvalue weighted by Crippen LogP contribution is 2.16. The monoisotopic (exact) mass is 359 g/mol. The third kappa shape index (κ3) is 5.70. The quantitative estimate of drug-likeness (QED) is 0.714. The summed E-state index contributed by atoms with van der Waals surface area (Å²) < 4.78 is 4.86. The summed E-state index contributed by atoms with van der Waals surface area (Å²) in [6.07, 6.45) is 2.80. The molecule has 1 aromatic carbocycles. The molecule has 1 aromatic rings. The lowest BCUT2D eigenvalue weighted by molar-refractivity contribution is -0.136. The van der Waals surface area contributed by atoms with Crippen molar-refractivity contribution >= 4 is 23.4 Å². The molecule has 1 saturated heterocycles. The van der Waals surface area contributed by atoms with Crippen LogP contribution in [0.3, 0.4) is 0 Å². The molecule has 140 valence electrons. The summed E-state index contributed by atoms with van der Waals surface area (Å²) in [6, 6.07) is 7.23. The van der Waals surface area contributed by atoms with Crippen LogP contribution < -0.4 is 10.6 Å². The molecule has 1 aliphatic heterocycles. The zero-order valence-corrected chi connectivity index (χ0v) is 15.0. The molecule has 1 heterocycles. The highest BCUT2D eigenvalue weighted by molar-refractivity contribution is 5.99. The minimum atomic E-state index is -0.314. The molecule has 1 fully saturated rings. The molecule has 26 heavy (non-hydrogen) atoms. The molecule has 0 saturated carbocycles. The minimum absolute atomic E-state index is 0.0239. The lowest BCUT2D eigenvalue weighted by Crippen LogP contribution is -2.47. The molecule has 0 aromatic heterocycles. The third-order valence-corrected chi connectivity index (χ3v) is 4.29. The number of likely N-dealkylation sites (tertiary alicyclic amines) is 1. The standard InChI is InChI=1S/C19H25N3O4/c1-3-17(23)21-16-7-5-4-6-14(16)12-18(24)20-15-8-10-22(11-9-15)19(25)13-26-2/h3-7,15H,1,8-13H2,2H3,(H,20,24)(H,21,23). The number of ether oxygens (including phenoxy) is 1. The number of amides is 3. The van der Waals surface area contributed by atoms with Crippen molar-refractivity contribution in [2.45, 2.75) is 25.3 Å². The molecule has 0 spiro atoms. The lowest BCUT2D eigenvalue weighted by atomic mass is 10.0. The van der Waals surface area contributed by atoms with Gasteiger partial charge in [-0.1, -0.05) is 24.8 Å². The molecule has 0 aliphatic carbocycles. The van der Waals surface area contributed by atoms with E-state index in [0.29, 0.717) is 18.8 Å². The molecule has 1 aliphatic rings. The van der Waals surface area contributed by atoms with E-state index in [1.54, 1.807) is 17.0 Å². The Hall–Kier alpha value is -2.67. The third-order valence-electron chi connectivity index (χ3n) is 4.29. The summed E-state index contributed by atoms with van der Waals surface area (Å²) >= 11 is 0. The van der Waals surface area contributed by atoms with E-state index in [2.05, 4.69) is 17.2 Å². The number of carbonyl (C=O) groups excluding carboxylic acids is 3. The second-order valence-corrected chi connectivity index (χ2v) is 6.18. The SMILES string of the molecule is C=CC(=O)Nc1ccccc1CC(=O)NC1CCN(C(=O)COC)CC1. The van der Waals surface area contributed by atoms with Crippen LogP contribution in [0.1, 0.15) is 18.4 Å². The predicted molar refractivity (Wildman–Crippen MR) is 98.6 cm³/mol. The number of hydrogen-bond acceptors (Lipinski definition) is 4. The molecule has 0 atom stereocenters. The van der Waals surface area contributed by atoms with Crippen molar-refractivity contribution in [3.63, 3.8) is 0 Å². The average Bonchev–Trinajstić information content (AvgIpc) is 2.64. The van der Waals surface area contributed by atoms with Crippen LogP contribution in [0.15, 0.2) is 36.9 Å². The summed E-state index contributed by atoms with van der Waals surface area (Å²) in [5.41, 5.74) is 1.35. The lowest BCUT2D eigenvalue weighted by Gasteiger charge is -2.32. The van der Waals surface area contributed by atoms with Gasteiger partial charge in [0.15, 0.2) is 0 Å². The number of rotatable bonds is 7. The number of anilines is 1. The van der Waals surface area contributed by atoms with Gasteiger partial charge in [0.05, 0.1) is 6.42 Å². The maximum atomic E-state index is 12.4. The Morgan fingerprint density at radius 3 is 2.62 bits per heavy atom. The maximum absolute atomic E-state index is 12.4. The summed E-state index contributed by atoms with van der Waals surface area (Å²) in [7, 11) is 1.50. The molecular weight excluding hydrogens is 334 g/mol. The van der Waals surface area contributed by atoms with E-state index in [-0.39, 0.29) is 36.8 Å². The van der Waals surface area contributed by atoms with Crippen LogP contribution in [0.5, 0.6) is 0 Å². The molecule has 3 amide bonds. The minimum Gasteiger partial charge on any atom is -0.375 e. The summed E-state index contributed by atoms with van der Waals surface area (Å²) in [4.78, 5) is 37.4. The van der Waals surface area contributed by atoms with Crippen molar-refractivity contribution in [2.75, 3.05) is 32.1 Å². The van der Waals surface area contributed by atoms with Crippen LogP contribution in [-0.2, 0) is 25.5 Å². The molecule has 0 bridgehead atoms. The Morgan fingerprint density at radius 1 is 1.27 bits per heavy atom. The summed E-state index contributed by atoms with van der Waals surface area (Å²) in [6.45, 7) is 4.74. The van der Waals surface area contributed by atoms with Crippen LogP contribution in [0.25, 0.3) is 0 Å². The van der Waals surface area contributed by atoms with Gasteiger partial charge in [0.25, 0.3) is 0 Å². The first-order valence-electron chi connectivity index (χ1n) is 8.61. The van der Waals surface area contributed by atoms with Gasteiger partial charge < -0.3 is 20.3 Å². The number of nitrogens with one attached hydrogen (secondary N) is 2. The van der Waals surface area contributed by atoms with Crippen LogP contribution in [0, 0.1) is 0 Å². The van der Waals surface area contributed by atoms with Gasteiger partial charge in [-0.25, -0.2) is 0 Å². The van der Waals surface area contributed by atoms with Crippen molar-refractivity contribution in [1.29, 1.82) is 0 Å². The zero-order chi connectivity index (χ0) is 18.9. The second kappa shape index (κ2) is 9.72. The van der Waals surface area contributed by atoms with Gasteiger partial charge in [0, 0.05) is 31.9 Å². The van der Waals surface area contributed by atoms with Crippen molar-refractivity contribution < 1.29 is 19.1 Å². The number of para-hydroxylation sites is 1. The summed E-state index contributed by atoms with van der Waals surface area (Å²) in [5, 5.41) is 5.72. The molecule has 2 N–H and O–H groups in total. The second-order valence-electron chi connectivity index (χ2n) is 6.18. The van der Waals surface area contributed by atoms with Gasteiger partial charge in [-0.2, -0.15) is 0 Å². The van der Waals surface area contributed by atoms with Gasteiger partial charge in [-0.05, 0) is 30.5 Å². The van der Waals surface area contributed by atoms with Gasteiger partial charge in [-0.15, -0.1) is 0 Å². The van der Waals surface area contributed by atoms with Crippen molar-refractivity contribution in [2.24, 2.45) is 0 Å². The maximum Gasteiger partial charge on any atom is 0.248 e. The largest absolute Gasteiger partial charge is 0.375 e. The highest BCUT2D eigenvalue weighted by atomic mass is 16.5. The van der Waals surface area contributed by atoms with Crippen LogP contribution in [0.2, 0.25) is 0 Å². The van der Waals surface area contributed by atoms with Gasteiger partial charge in [0.1, 0.15) is 6.61 Å². The highest BCUT2D eigenvalue weighted by Gasteiger charge is 2.23. The van der Waals surface area contributed by atoms with E-state index in [1.807, 2.05) is 12.1 Å². The van der Waals surface area contributed by atoms with Crippen molar-refractivity contribution in [3.8, 4) is 0 Å². The Kier molecular flexibility index (Phi) is 7.35. The van der Waals surface area contributed by atoms with Crippen LogP contribution in [0.4, 0.5) is 5.69 Å². The smallest absolute Gasteiger partial charge is 0.248 e. The number of benzene rings is 1. The van der Waals surface area contributed by atoms with E-state index in [0.717, 1.165) is 18.4 Å². The number of nitrogens with zero attached hydrogens (tertiary/aromatic N) is 1. The number of methoxy groups -OCH3 is 1. The summed E-state index contributed by atoms with van der Waals surface area (Å²) in [5.74, 6) is -0.443. The fraction of sp³-hybridized carbons (Fsp3) is 0.421. The van der Waals surface area contributed by atoms with E-state index in [4.69, 9.17) is 4.74 Å². The average molecular weight is 359 g/mol. The van der Waals surface area contributed by atoms with E-state index in [9.17, 15) is 14.4 Å². The first-order chi connectivity index (χ1) is 12.5. The van der Waals surface area contributed by atoms with Gasteiger partial charge >= 0.3 is 0 Å². The van der Waals surface area contributed by atoms with E-state index < -0.39 is 0 Å². The first-order valence-corrected chi connectivity index (χ1v) is 8.61. The zero-order valence-electron chi connectivity index (χ0n) is 15.0. The van der Waals surface area contributed by atoms with Gasteiger partial charge in [0.2, 0.25) is 17.7 Å². The Labute approximate surface area is 153 Å². The van der Waals surface area contributed by atoms with Crippen LogP contribution >= 0.6 is 0 Å². The Morgan fingerprint density at radius 2 is 1.96 bits per heavy atom. The molecule has 2 rings (SSSR count). The molecule has 0 unspecified atom stereocenters. The molecule has 7 heteroatoms. The first kappa shape index (κ1) is 19.7. The predicted octanol–water partition coefficient (Wildman–Crippen LogP) is 1.11. The normalized spacial score (nSPS) is 14.6. The Balaban J connectivity index is 1.85. The molecule has 7 nitrogen and oxygen atoms in total. The number of carbonyl (C=O) groups is 3. The van der Waals surface area contributed by atoms with Crippen molar-refractivity contribution in [3.05, 3.63) is 42.5 Å².